The number of nitrogens with zero attached hydrogens (tertiary/aromatic N) is 4. The van der Waals surface area contributed by atoms with E-state index in [0.717, 1.165) is 18.4 Å². The van der Waals surface area contributed by atoms with Crippen molar-refractivity contribution in [2.24, 2.45) is 7.05 Å². The third-order valence-corrected chi connectivity index (χ3v) is 6.33. The number of benzene rings is 1. The minimum atomic E-state index is -0.183. The Morgan fingerprint density at radius 3 is 2.75 bits per heavy atom. The van der Waals surface area contributed by atoms with Gasteiger partial charge in [0.15, 0.2) is 0 Å². The molecule has 1 amide bonds. The highest BCUT2D eigenvalue weighted by molar-refractivity contribution is 5.80. The van der Waals surface area contributed by atoms with Crippen molar-refractivity contribution >= 4 is 23.0 Å². The lowest BCUT2D eigenvalue weighted by atomic mass is 9.74. The Morgan fingerprint density at radius 1 is 1.14 bits per heavy atom. The first-order valence-electron chi connectivity index (χ1n) is 9.65. The molecule has 3 aromatic rings. The lowest BCUT2D eigenvalue weighted by Gasteiger charge is -2.39. The monoisotopic (exact) mass is 374 g/mol. The molecule has 1 fully saturated rings. The Labute approximate surface area is 162 Å². The molecule has 1 aromatic carbocycles. The molecule has 142 valence electrons. The number of piperidine rings is 1. The molecule has 6 nitrogen and oxygen atoms in total. The second kappa shape index (κ2) is 6.19. The smallest absolute Gasteiger partial charge is 0.329 e. The van der Waals surface area contributed by atoms with Gasteiger partial charge in [0.2, 0.25) is 5.91 Å². The molecule has 0 N–H and O–H groups in total. The van der Waals surface area contributed by atoms with Crippen LogP contribution in [0.5, 0.6) is 0 Å². The molecular formula is C22H22N4O2. The Bertz CT molecular complexity index is 1160. The summed E-state index contributed by atoms with van der Waals surface area (Å²) >= 11 is 0. The first kappa shape index (κ1) is 17.0. The fourth-order valence-corrected chi connectivity index (χ4v) is 4.67. The molecule has 28 heavy (non-hydrogen) atoms. The van der Waals surface area contributed by atoms with E-state index >= 15 is 0 Å². The molecule has 0 unspecified atom stereocenters. The lowest BCUT2D eigenvalue weighted by molar-refractivity contribution is -0.133. The average molecular weight is 374 g/mol. The van der Waals surface area contributed by atoms with Gasteiger partial charge in [-0.3, -0.25) is 18.9 Å². The summed E-state index contributed by atoms with van der Waals surface area (Å²) in [6.07, 6.45) is 9.65. The number of imidazole rings is 1. The van der Waals surface area contributed by atoms with Crippen LogP contribution in [0.1, 0.15) is 24.0 Å². The quantitative estimate of drug-likeness (QED) is 0.692. The normalized spacial score (nSPS) is 17.4. The second-order valence-electron chi connectivity index (χ2n) is 7.75. The maximum Gasteiger partial charge on any atom is 0.329 e. The molecule has 6 heteroatoms. The first-order valence-corrected chi connectivity index (χ1v) is 9.65. The van der Waals surface area contributed by atoms with E-state index in [-0.39, 0.29) is 23.6 Å². The number of allylic oxidation sites excluding steroid dienone is 1. The second-order valence-corrected chi connectivity index (χ2v) is 7.75. The number of hydrogen-bond acceptors (Lipinski definition) is 3. The highest BCUT2D eigenvalue weighted by Gasteiger charge is 2.38. The van der Waals surface area contributed by atoms with Gasteiger partial charge < -0.3 is 4.90 Å². The summed E-state index contributed by atoms with van der Waals surface area (Å²) in [5, 5.41) is 0. The zero-order valence-corrected chi connectivity index (χ0v) is 15.8. The Balaban J connectivity index is 1.35. The van der Waals surface area contributed by atoms with E-state index in [1.807, 2.05) is 4.90 Å². The number of carbonyl (C=O) groups is 1. The minimum absolute atomic E-state index is 0.0106. The van der Waals surface area contributed by atoms with E-state index in [1.54, 1.807) is 30.1 Å². The molecule has 0 saturated carbocycles. The largest absolute Gasteiger partial charge is 0.341 e. The predicted molar refractivity (Wildman–Crippen MR) is 108 cm³/mol. The van der Waals surface area contributed by atoms with Crippen molar-refractivity contribution in [1.82, 2.24) is 19.0 Å². The number of fused-ring (bicyclic) bond motifs is 3. The summed E-state index contributed by atoms with van der Waals surface area (Å²) in [5.41, 5.74) is 4.02. The molecule has 0 radical (unpaired) electrons. The van der Waals surface area contributed by atoms with Crippen molar-refractivity contribution in [3.05, 3.63) is 70.4 Å². The zero-order valence-electron chi connectivity index (χ0n) is 15.8. The van der Waals surface area contributed by atoms with Crippen LogP contribution in [0.15, 0.2) is 53.6 Å². The standard InChI is InChI=1S/C22H22N4O2/c1-24-18-7-11-23-14-19(18)26(21(24)28)15-20(27)25-12-9-22(10-13-25)8-6-16-4-2-3-5-17(16)22/h2-8,11,14H,9-10,12-13,15H2,1H3. The molecule has 1 aliphatic carbocycles. The van der Waals surface area contributed by atoms with E-state index in [2.05, 4.69) is 41.4 Å². The minimum Gasteiger partial charge on any atom is -0.341 e. The van der Waals surface area contributed by atoms with Crippen LogP contribution in [0, 0.1) is 0 Å². The Morgan fingerprint density at radius 2 is 1.93 bits per heavy atom. The van der Waals surface area contributed by atoms with Crippen LogP contribution in [0.4, 0.5) is 0 Å². The van der Waals surface area contributed by atoms with E-state index in [9.17, 15) is 9.59 Å². The SMILES string of the molecule is Cn1c(=O)n(CC(=O)N2CCC3(C=Cc4ccccc43)CC2)c2cnccc21. The van der Waals surface area contributed by atoms with E-state index in [0.29, 0.717) is 18.6 Å². The fraction of sp³-hybridized carbons (Fsp3) is 0.318. The summed E-state index contributed by atoms with van der Waals surface area (Å²) in [4.78, 5) is 31.5. The summed E-state index contributed by atoms with van der Waals surface area (Å²) < 4.78 is 3.09. The van der Waals surface area contributed by atoms with Gasteiger partial charge in [-0.25, -0.2) is 4.79 Å². The highest BCUT2D eigenvalue weighted by atomic mass is 16.2. The van der Waals surface area contributed by atoms with Gasteiger partial charge >= 0.3 is 5.69 Å². The lowest BCUT2D eigenvalue weighted by Crippen LogP contribution is -2.45. The van der Waals surface area contributed by atoms with Gasteiger partial charge in [-0.1, -0.05) is 36.4 Å². The maximum atomic E-state index is 12.9. The van der Waals surface area contributed by atoms with Crippen molar-refractivity contribution in [2.75, 3.05) is 13.1 Å². The summed E-state index contributed by atoms with van der Waals surface area (Å²) in [6, 6.07) is 10.3. The van der Waals surface area contributed by atoms with Crippen LogP contribution in [-0.4, -0.2) is 38.0 Å². The summed E-state index contributed by atoms with van der Waals surface area (Å²) in [7, 11) is 1.72. The Hall–Kier alpha value is -3.15. The van der Waals surface area contributed by atoms with E-state index < -0.39 is 0 Å². The third kappa shape index (κ3) is 2.44. The van der Waals surface area contributed by atoms with Crippen molar-refractivity contribution < 1.29 is 4.79 Å². The Kier molecular flexibility index (Phi) is 3.75. The number of aromatic nitrogens is 3. The van der Waals surface area contributed by atoms with Gasteiger partial charge in [0.25, 0.3) is 0 Å². The van der Waals surface area contributed by atoms with Gasteiger partial charge in [-0.2, -0.15) is 0 Å². The molecule has 1 aliphatic heterocycles. The number of hydrogen-bond donors (Lipinski definition) is 0. The number of amides is 1. The van der Waals surface area contributed by atoms with Crippen LogP contribution in [0.25, 0.3) is 17.1 Å². The van der Waals surface area contributed by atoms with Crippen molar-refractivity contribution in [1.29, 1.82) is 0 Å². The molecule has 0 bridgehead atoms. The molecule has 0 atom stereocenters. The van der Waals surface area contributed by atoms with Gasteiger partial charge in [0.05, 0.1) is 17.2 Å². The summed E-state index contributed by atoms with van der Waals surface area (Å²) in [6.45, 7) is 1.46. The molecule has 2 aliphatic rings. The number of aryl methyl sites for hydroxylation is 1. The number of rotatable bonds is 2. The molecule has 1 spiro atoms. The average Bonchev–Trinajstić information content (AvgIpc) is 3.20. The van der Waals surface area contributed by atoms with Crippen LogP contribution in [-0.2, 0) is 23.8 Å². The summed E-state index contributed by atoms with van der Waals surface area (Å²) in [5.74, 6) is -0.0106. The van der Waals surface area contributed by atoms with Crippen LogP contribution < -0.4 is 5.69 Å². The molecule has 1 saturated heterocycles. The van der Waals surface area contributed by atoms with Crippen LogP contribution in [0.2, 0.25) is 0 Å². The predicted octanol–water partition coefficient (Wildman–Crippen LogP) is 2.32. The van der Waals surface area contributed by atoms with Gasteiger partial charge in [-0.15, -0.1) is 0 Å². The van der Waals surface area contributed by atoms with Crippen molar-refractivity contribution in [2.45, 2.75) is 24.8 Å². The third-order valence-electron chi connectivity index (χ3n) is 6.33. The molecule has 2 aromatic heterocycles. The topological polar surface area (TPSA) is 60.1 Å². The fourth-order valence-electron chi connectivity index (χ4n) is 4.67. The number of pyridine rings is 1. The number of carbonyl (C=O) groups excluding carboxylic acids is 1. The van der Waals surface area contributed by atoms with Gasteiger partial charge in [0, 0.05) is 31.7 Å². The van der Waals surface area contributed by atoms with Crippen molar-refractivity contribution in [3.8, 4) is 0 Å². The molecular weight excluding hydrogens is 352 g/mol. The molecule has 5 rings (SSSR count). The van der Waals surface area contributed by atoms with E-state index in [4.69, 9.17) is 0 Å². The van der Waals surface area contributed by atoms with Crippen LogP contribution >= 0.6 is 0 Å². The van der Waals surface area contributed by atoms with Gasteiger partial charge in [0.1, 0.15) is 6.54 Å². The van der Waals surface area contributed by atoms with Crippen LogP contribution in [0.3, 0.4) is 0 Å². The highest BCUT2D eigenvalue weighted by Crippen LogP contribution is 2.43. The first-order chi connectivity index (χ1) is 13.6. The van der Waals surface area contributed by atoms with Gasteiger partial charge in [-0.05, 0) is 30.0 Å². The van der Waals surface area contributed by atoms with E-state index in [1.165, 1.54) is 15.7 Å². The molecule has 3 heterocycles. The van der Waals surface area contributed by atoms with Crippen molar-refractivity contribution in [3.63, 3.8) is 0 Å². The zero-order chi connectivity index (χ0) is 19.3. The maximum absolute atomic E-state index is 12.9. The number of likely N-dealkylation sites (tertiary alicyclic amines) is 1.